The number of ketones is 1. The smallest absolute Gasteiger partial charge is 0.295 e. The van der Waals surface area contributed by atoms with Crippen molar-refractivity contribution in [1.82, 2.24) is 9.80 Å². The molecule has 10 heteroatoms. The van der Waals surface area contributed by atoms with Gasteiger partial charge in [0.05, 0.1) is 30.8 Å². The number of non-ortho nitro benzene ring substituents is 1. The molecule has 0 aromatic heterocycles. The molecule has 2 aromatic carbocycles. The zero-order valence-corrected chi connectivity index (χ0v) is 20.2. The fourth-order valence-corrected chi connectivity index (χ4v) is 4.16. The zero-order chi connectivity index (χ0) is 25.7. The normalized spacial score (nSPS) is 17.2. The van der Waals surface area contributed by atoms with Gasteiger partial charge in [-0.15, -0.1) is 0 Å². The van der Waals surface area contributed by atoms with Crippen LogP contribution in [-0.4, -0.2) is 71.9 Å². The maximum absolute atomic E-state index is 13.2. The van der Waals surface area contributed by atoms with Crippen molar-refractivity contribution in [2.24, 2.45) is 0 Å². The third-order valence-corrected chi connectivity index (χ3v) is 6.17. The largest absolute Gasteiger partial charge is 0.507 e. The molecular formula is C25H29N3O7. The molecule has 1 aliphatic heterocycles. The van der Waals surface area contributed by atoms with Gasteiger partial charge in [0, 0.05) is 30.8 Å². The Kier molecular flexibility index (Phi) is 8.08. The van der Waals surface area contributed by atoms with Gasteiger partial charge in [-0.2, -0.15) is 0 Å². The van der Waals surface area contributed by atoms with Crippen LogP contribution in [0, 0.1) is 10.1 Å². The lowest BCUT2D eigenvalue weighted by Gasteiger charge is -2.28. The molecule has 3 rings (SSSR count). The fraction of sp³-hybridized carbons (Fsp3) is 0.360. The summed E-state index contributed by atoms with van der Waals surface area (Å²) in [6.07, 6.45) is 0. The summed E-state index contributed by atoms with van der Waals surface area (Å²) in [5.41, 5.74) is 0.553. The average Bonchev–Trinajstić information content (AvgIpc) is 3.13. The number of carbonyl (C=O) groups is 2. The molecule has 1 aliphatic rings. The predicted octanol–water partition coefficient (Wildman–Crippen LogP) is 3.38. The number of Topliss-reactive ketones (excluding diaryl/α,β-unsaturated/α-hetero) is 1. The number of aliphatic hydroxyl groups excluding tert-OH is 1. The van der Waals surface area contributed by atoms with Gasteiger partial charge in [-0.1, -0.05) is 13.8 Å². The van der Waals surface area contributed by atoms with E-state index in [4.69, 9.17) is 9.47 Å². The van der Waals surface area contributed by atoms with E-state index in [0.717, 1.165) is 13.1 Å². The van der Waals surface area contributed by atoms with E-state index >= 15 is 0 Å². The van der Waals surface area contributed by atoms with Crippen molar-refractivity contribution < 1.29 is 29.1 Å². The number of aliphatic hydroxyl groups is 1. The van der Waals surface area contributed by atoms with E-state index in [1.54, 1.807) is 12.1 Å². The number of nitro benzene ring substituents is 1. The lowest BCUT2D eigenvalue weighted by atomic mass is 9.95. The van der Waals surface area contributed by atoms with Gasteiger partial charge in [-0.05, 0) is 49.0 Å². The molecule has 2 aromatic rings. The van der Waals surface area contributed by atoms with Crippen LogP contribution in [0.15, 0.2) is 48.0 Å². The first-order valence-electron chi connectivity index (χ1n) is 11.2. The number of methoxy groups -OCH3 is 2. The molecule has 1 N–H and O–H groups in total. The van der Waals surface area contributed by atoms with Crippen LogP contribution < -0.4 is 9.47 Å². The van der Waals surface area contributed by atoms with E-state index < -0.39 is 22.7 Å². The van der Waals surface area contributed by atoms with Gasteiger partial charge in [0.25, 0.3) is 17.4 Å². The molecule has 10 nitrogen and oxygen atoms in total. The lowest BCUT2D eigenvalue weighted by Crippen LogP contribution is -2.38. The quantitative estimate of drug-likeness (QED) is 0.179. The van der Waals surface area contributed by atoms with Crippen LogP contribution in [0.2, 0.25) is 0 Å². The van der Waals surface area contributed by atoms with E-state index in [1.807, 2.05) is 13.8 Å². The highest BCUT2D eigenvalue weighted by molar-refractivity contribution is 6.46. The Morgan fingerprint density at radius 2 is 1.69 bits per heavy atom. The van der Waals surface area contributed by atoms with Crippen molar-refractivity contribution in [3.05, 3.63) is 69.3 Å². The summed E-state index contributed by atoms with van der Waals surface area (Å²) < 4.78 is 10.5. The van der Waals surface area contributed by atoms with Crippen molar-refractivity contribution in [2.75, 3.05) is 40.4 Å². The van der Waals surface area contributed by atoms with Gasteiger partial charge in [-0.3, -0.25) is 19.7 Å². The molecule has 1 fully saturated rings. The number of amides is 1. The average molecular weight is 484 g/mol. The summed E-state index contributed by atoms with van der Waals surface area (Å²) in [4.78, 5) is 40.4. The van der Waals surface area contributed by atoms with Crippen molar-refractivity contribution in [3.8, 4) is 11.5 Å². The first kappa shape index (κ1) is 25.7. The number of carbonyl (C=O) groups excluding carboxylic acids is 2. The molecule has 0 bridgehead atoms. The summed E-state index contributed by atoms with van der Waals surface area (Å²) in [6.45, 7) is 6.32. The Labute approximate surface area is 203 Å². The van der Waals surface area contributed by atoms with Gasteiger partial charge < -0.3 is 24.4 Å². The molecule has 186 valence electrons. The highest BCUT2D eigenvalue weighted by Gasteiger charge is 2.46. The lowest BCUT2D eigenvalue weighted by molar-refractivity contribution is -0.384. The zero-order valence-electron chi connectivity index (χ0n) is 20.2. The van der Waals surface area contributed by atoms with Crippen molar-refractivity contribution in [2.45, 2.75) is 19.9 Å². The minimum absolute atomic E-state index is 0.0874. The second-order valence-electron chi connectivity index (χ2n) is 7.94. The Bertz CT molecular complexity index is 1140. The molecule has 1 amide bonds. The van der Waals surface area contributed by atoms with Gasteiger partial charge >= 0.3 is 0 Å². The SMILES string of the molecule is CCN(CC)CCN1C(=O)C(=O)/C(=C(/O)c2ccc(OC)c(OC)c2)C1c1ccc([N+](=O)[O-])cc1. The molecular weight excluding hydrogens is 454 g/mol. The minimum atomic E-state index is -0.903. The highest BCUT2D eigenvalue weighted by atomic mass is 16.6. The van der Waals surface area contributed by atoms with Crippen LogP contribution in [0.4, 0.5) is 5.69 Å². The number of hydrogen-bond donors (Lipinski definition) is 1. The maximum Gasteiger partial charge on any atom is 0.295 e. The molecule has 1 saturated heterocycles. The van der Waals surface area contributed by atoms with Crippen LogP contribution in [0.5, 0.6) is 11.5 Å². The minimum Gasteiger partial charge on any atom is -0.507 e. The number of benzene rings is 2. The Hall–Kier alpha value is -3.92. The summed E-state index contributed by atoms with van der Waals surface area (Å²) >= 11 is 0. The summed E-state index contributed by atoms with van der Waals surface area (Å²) in [5, 5.41) is 22.3. The summed E-state index contributed by atoms with van der Waals surface area (Å²) in [7, 11) is 2.93. The topological polar surface area (TPSA) is 122 Å². The van der Waals surface area contributed by atoms with Gasteiger partial charge in [0.2, 0.25) is 0 Å². The van der Waals surface area contributed by atoms with Crippen molar-refractivity contribution in [1.29, 1.82) is 0 Å². The van der Waals surface area contributed by atoms with E-state index in [9.17, 15) is 24.8 Å². The van der Waals surface area contributed by atoms with Gasteiger partial charge in [0.15, 0.2) is 11.5 Å². The van der Waals surface area contributed by atoms with Crippen LogP contribution in [0.3, 0.4) is 0 Å². The number of hydrogen-bond acceptors (Lipinski definition) is 8. The van der Waals surface area contributed by atoms with Crippen molar-refractivity contribution >= 4 is 23.1 Å². The van der Waals surface area contributed by atoms with Crippen molar-refractivity contribution in [3.63, 3.8) is 0 Å². The third kappa shape index (κ3) is 5.12. The van der Waals surface area contributed by atoms with E-state index in [2.05, 4.69) is 4.90 Å². The van der Waals surface area contributed by atoms with Crippen LogP contribution in [0.1, 0.15) is 31.0 Å². The predicted molar refractivity (Wildman–Crippen MR) is 129 cm³/mol. The Morgan fingerprint density at radius 3 is 2.23 bits per heavy atom. The maximum atomic E-state index is 13.2. The second kappa shape index (κ2) is 11.0. The molecule has 0 spiro atoms. The molecule has 35 heavy (non-hydrogen) atoms. The Balaban J connectivity index is 2.14. The Morgan fingerprint density at radius 1 is 1.06 bits per heavy atom. The van der Waals surface area contributed by atoms with E-state index in [0.29, 0.717) is 23.6 Å². The molecule has 1 atom stereocenters. The van der Waals surface area contributed by atoms with Gasteiger partial charge in [0.1, 0.15) is 5.76 Å². The summed E-state index contributed by atoms with van der Waals surface area (Å²) in [5.74, 6) is -1.13. The number of nitrogens with zero attached hydrogens (tertiary/aromatic N) is 3. The van der Waals surface area contributed by atoms with Crippen LogP contribution in [-0.2, 0) is 9.59 Å². The monoisotopic (exact) mass is 483 g/mol. The number of rotatable bonds is 10. The van der Waals surface area contributed by atoms with Gasteiger partial charge in [-0.25, -0.2) is 0 Å². The van der Waals surface area contributed by atoms with Crippen LogP contribution >= 0.6 is 0 Å². The molecule has 1 heterocycles. The standard InChI is InChI=1S/C25H29N3O7/c1-5-26(6-2)13-14-27-22(16-7-10-18(11-8-16)28(32)33)21(24(30)25(27)31)23(29)17-9-12-19(34-3)20(15-17)35-4/h7-12,15,22,29H,5-6,13-14H2,1-4H3/b23-21+. The molecule has 0 saturated carbocycles. The first-order chi connectivity index (χ1) is 16.8. The van der Waals surface area contributed by atoms with Crippen LogP contribution in [0.25, 0.3) is 5.76 Å². The number of nitro groups is 1. The molecule has 1 unspecified atom stereocenters. The number of likely N-dealkylation sites (tertiary alicyclic amines) is 1. The fourth-order valence-electron chi connectivity index (χ4n) is 4.16. The molecule has 0 aliphatic carbocycles. The third-order valence-electron chi connectivity index (χ3n) is 6.17. The number of likely N-dealkylation sites (N-methyl/N-ethyl adjacent to an activating group) is 1. The first-order valence-corrected chi connectivity index (χ1v) is 11.2. The number of ether oxygens (including phenoxy) is 2. The summed E-state index contributed by atoms with van der Waals surface area (Å²) in [6, 6.07) is 9.40. The highest BCUT2D eigenvalue weighted by Crippen LogP contribution is 2.40. The van der Waals surface area contributed by atoms with E-state index in [1.165, 1.54) is 49.5 Å². The van der Waals surface area contributed by atoms with E-state index in [-0.39, 0.29) is 29.1 Å². The molecule has 0 radical (unpaired) electrons. The second-order valence-corrected chi connectivity index (χ2v) is 7.94.